The Kier molecular flexibility index (Phi) is 6.22. The number of carbonyl (C=O) groups excluding carboxylic acids is 3. The van der Waals surface area contributed by atoms with Crippen LogP contribution < -0.4 is 16.0 Å². The molecule has 9 nitrogen and oxygen atoms in total. The number of hydrogen-bond acceptors (Lipinski definition) is 7. The second kappa shape index (κ2) is 9.31. The van der Waals surface area contributed by atoms with E-state index < -0.39 is 11.9 Å². The third kappa shape index (κ3) is 4.37. The Balaban J connectivity index is 1.44. The van der Waals surface area contributed by atoms with E-state index in [1.54, 1.807) is 11.1 Å². The monoisotopic (exact) mass is 482 g/mol. The van der Waals surface area contributed by atoms with Crippen LogP contribution >= 0.6 is 11.6 Å². The van der Waals surface area contributed by atoms with E-state index in [0.717, 1.165) is 36.8 Å². The molecule has 1 atom stereocenters. The fourth-order valence-electron chi connectivity index (χ4n) is 5.30. The first-order valence-corrected chi connectivity index (χ1v) is 12.0. The molecule has 2 aliphatic heterocycles. The standard InChI is InChI=1S/C24H27ClN6O3/c25-24-27-11-10-19(28-24)30(17-6-4-16(26)5-7-17)12-14-2-1-3-15-13-31(23(34)21(14)15)18-8-9-20(32)29-22(18)33/h1-3,10-11,16-18H,4-9,12-13,26H2,(H,29,32,33). The first-order valence-electron chi connectivity index (χ1n) is 11.7. The van der Waals surface area contributed by atoms with E-state index in [0.29, 0.717) is 30.9 Å². The van der Waals surface area contributed by atoms with Gasteiger partial charge in [0.2, 0.25) is 17.1 Å². The summed E-state index contributed by atoms with van der Waals surface area (Å²) in [5, 5.41) is 2.53. The van der Waals surface area contributed by atoms with E-state index >= 15 is 0 Å². The van der Waals surface area contributed by atoms with Crippen LogP contribution in [0.25, 0.3) is 0 Å². The number of halogens is 1. The van der Waals surface area contributed by atoms with Gasteiger partial charge in [-0.05, 0) is 60.9 Å². The molecular formula is C24H27ClN6O3. The van der Waals surface area contributed by atoms with Gasteiger partial charge in [0, 0.05) is 43.4 Å². The van der Waals surface area contributed by atoms with Crippen LogP contribution in [0.4, 0.5) is 5.82 Å². The third-order valence-corrected chi connectivity index (χ3v) is 7.25. The lowest BCUT2D eigenvalue weighted by Crippen LogP contribution is -2.52. The smallest absolute Gasteiger partial charge is 0.255 e. The summed E-state index contributed by atoms with van der Waals surface area (Å²) in [5.41, 5.74) is 8.54. The maximum atomic E-state index is 13.5. The molecule has 10 heteroatoms. The molecule has 1 saturated heterocycles. The van der Waals surface area contributed by atoms with Gasteiger partial charge < -0.3 is 15.5 Å². The zero-order valence-electron chi connectivity index (χ0n) is 18.7. The highest BCUT2D eigenvalue weighted by Crippen LogP contribution is 2.33. The van der Waals surface area contributed by atoms with Crippen molar-refractivity contribution < 1.29 is 14.4 Å². The molecule has 178 valence electrons. The van der Waals surface area contributed by atoms with Crippen molar-refractivity contribution in [3.05, 3.63) is 52.4 Å². The highest BCUT2D eigenvalue weighted by Gasteiger charge is 2.40. The molecule has 3 heterocycles. The minimum absolute atomic E-state index is 0.174. The summed E-state index contributed by atoms with van der Waals surface area (Å²) in [7, 11) is 0. The lowest BCUT2D eigenvalue weighted by Gasteiger charge is -2.37. The van der Waals surface area contributed by atoms with Crippen molar-refractivity contribution in [1.82, 2.24) is 20.2 Å². The van der Waals surface area contributed by atoms with E-state index in [4.69, 9.17) is 17.3 Å². The molecule has 1 aliphatic carbocycles. The molecular weight excluding hydrogens is 456 g/mol. The van der Waals surface area contributed by atoms with Gasteiger partial charge in [0.15, 0.2) is 0 Å². The molecule has 3 aliphatic rings. The number of benzene rings is 1. The van der Waals surface area contributed by atoms with E-state index in [9.17, 15) is 14.4 Å². The Hall–Kier alpha value is -3.04. The van der Waals surface area contributed by atoms with Crippen LogP contribution in [-0.4, -0.2) is 50.7 Å². The van der Waals surface area contributed by atoms with Gasteiger partial charge in [-0.25, -0.2) is 9.97 Å². The highest BCUT2D eigenvalue weighted by atomic mass is 35.5. The molecule has 0 radical (unpaired) electrons. The van der Waals surface area contributed by atoms with Gasteiger partial charge in [-0.1, -0.05) is 18.2 Å². The lowest BCUT2D eigenvalue weighted by molar-refractivity contribution is -0.136. The number of nitrogens with one attached hydrogen (secondary N) is 1. The minimum Gasteiger partial charge on any atom is -0.349 e. The van der Waals surface area contributed by atoms with Crippen molar-refractivity contribution in [2.45, 2.75) is 69.7 Å². The van der Waals surface area contributed by atoms with E-state index in [1.807, 2.05) is 24.3 Å². The molecule has 34 heavy (non-hydrogen) atoms. The number of fused-ring (bicyclic) bond motifs is 1. The number of anilines is 1. The summed E-state index contributed by atoms with van der Waals surface area (Å²) in [6.07, 6.45) is 5.91. The maximum Gasteiger partial charge on any atom is 0.255 e. The Labute approximate surface area is 202 Å². The SMILES string of the molecule is NC1CCC(N(Cc2cccc3c2C(=O)N(C2CCC(=O)NC2=O)C3)c2ccnc(Cl)n2)CC1. The predicted molar refractivity (Wildman–Crippen MR) is 126 cm³/mol. The van der Waals surface area contributed by atoms with Crippen molar-refractivity contribution in [3.63, 3.8) is 0 Å². The third-order valence-electron chi connectivity index (χ3n) is 7.07. The van der Waals surface area contributed by atoms with Crippen LogP contribution in [0.15, 0.2) is 30.5 Å². The molecule has 3 N–H and O–H groups in total. The molecule has 1 aromatic heterocycles. The Morgan fingerprint density at radius 3 is 2.65 bits per heavy atom. The van der Waals surface area contributed by atoms with Crippen LogP contribution in [0.1, 0.15) is 60.0 Å². The number of nitrogens with zero attached hydrogens (tertiary/aromatic N) is 4. The van der Waals surface area contributed by atoms with Gasteiger partial charge in [-0.2, -0.15) is 0 Å². The number of hydrogen-bond donors (Lipinski definition) is 2. The van der Waals surface area contributed by atoms with Crippen LogP contribution in [0.2, 0.25) is 5.28 Å². The van der Waals surface area contributed by atoms with E-state index in [2.05, 4.69) is 20.2 Å². The van der Waals surface area contributed by atoms with Gasteiger partial charge in [-0.3, -0.25) is 19.7 Å². The number of imide groups is 1. The topological polar surface area (TPSA) is 122 Å². The van der Waals surface area contributed by atoms with Crippen molar-refractivity contribution in [2.24, 2.45) is 5.73 Å². The number of rotatable bonds is 5. The zero-order chi connectivity index (χ0) is 23.8. The molecule has 3 amide bonds. The van der Waals surface area contributed by atoms with Gasteiger partial charge in [0.1, 0.15) is 11.9 Å². The Morgan fingerprint density at radius 2 is 1.91 bits per heavy atom. The quantitative estimate of drug-likeness (QED) is 0.494. The molecule has 5 rings (SSSR count). The van der Waals surface area contributed by atoms with Gasteiger partial charge in [0.05, 0.1) is 0 Å². The van der Waals surface area contributed by atoms with Crippen LogP contribution in [0.3, 0.4) is 0 Å². The summed E-state index contributed by atoms with van der Waals surface area (Å²) < 4.78 is 0. The van der Waals surface area contributed by atoms with Crippen LogP contribution in [0.5, 0.6) is 0 Å². The largest absolute Gasteiger partial charge is 0.349 e. The summed E-state index contributed by atoms with van der Waals surface area (Å²) in [5.74, 6) is -0.163. The number of nitrogens with two attached hydrogens (primary N) is 1. The summed E-state index contributed by atoms with van der Waals surface area (Å²) in [4.78, 5) is 49.8. The molecule has 1 saturated carbocycles. The normalized spacial score (nSPS) is 24.7. The number of aromatic nitrogens is 2. The van der Waals surface area contributed by atoms with Crippen LogP contribution in [-0.2, 0) is 22.7 Å². The fourth-order valence-corrected chi connectivity index (χ4v) is 5.44. The Bertz CT molecular complexity index is 1130. The predicted octanol–water partition coefficient (Wildman–Crippen LogP) is 2.17. The maximum absolute atomic E-state index is 13.5. The van der Waals surface area contributed by atoms with Crippen molar-refractivity contribution >= 4 is 35.1 Å². The molecule has 2 aromatic rings. The van der Waals surface area contributed by atoms with Gasteiger partial charge >= 0.3 is 0 Å². The zero-order valence-corrected chi connectivity index (χ0v) is 19.5. The summed E-state index contributed by atoms with van der Waals surface area (Å²) in [6.45, 7) is 0.831. The average Bonchev–Trinajstić information content (AvgIpc) is 3.15. The van der Waals surface area contributed by atoms with Crippen LogP contribution in [0, 0.1) is 0 Å². The first-order chi connectivity index (χ1) is 16.4. The number of carbonyl (C=O) groups is 3. The van der Waals surface area contributed by atoms with Crippen molar-refractivity contribution in [3.8, 4) is 0 Å². The highest BCUT2D eigenvalue weighted by molar-refractivity contribution is 6.28. The summed E-state index contributed by atoms with van der Waals surface area (Å²) in [6, 6.07) is 7.44. The fraction of sp³-hybridized carbons (Fsp3) is 0.458. The molecule has 1 unspecified atom stereocenters. The second-order valence-electron chi connectivity index (χ2n) is 9.23. The number of amides is 3. The lowest BCUT2D eigenvalue weighted by atomic mass is 9.90. The van der Waals surface area contributed by atoms with Crippen molar-refractivity contribution in [2.75, 3.05) is 4.90 Å². The average molecular weight is 483 g/mol. The van der Waals surface area contributed by atoms with Gasteiger partial charge in [0.25, 0.3) is 5.91 Å². The van der Waals surface area contributed by atoms with E-state index in [1.165, 1.54) is 0 Å². The first kappa shape index (κ1) is 22.7. The summed E-state index contributed by atoms with van der Waals surface area (Å²) >= 11 is 6.11. The molecule has 2 fully saturated rings. The second-order valence-corrected chi connectivity index (χ2v) is 9.57. The van der Waals surface area contributed by atoms with Crippen molar-refractivity contribution in [1.29, 1.82) is 0 Å². The molecule has 0 bridgehead atoms. The van der Waals surface area contributed by atoms with E-state index in [-0.39, 0.29) is 35.6 Å². The Morgan fingerprint density at radius 1 is 1.12 bits per heavy atom. The minimum atomic E-state index is -0.637. The van der Waals surface area contributed by atoms with Gasteiger partial charge in [-0.15, -0.1) is 0 Å². The molecule has 1 aromatic carbocycles. The number of piperidine rings is 1. The molecule has 0 spiro atoms.